The van der Waals surface area contributed by atoms with Gasteiger partial charge in [0.2, 0.25) is 0 Å². The van der Waals surface area contributed by atoms with Crippen LogP contribution >= 0.6 is 11.3 Å². The molecule has 11 rings (SSSR count). The number of anilines is 3. The molecule has 0 amide bonds. The standard InChI is InChI=1S/C52H33NS/c1-2-10-34(11-3-1)39-22-23-41-29-42(25-24-40(41)28-39)43-21-20-35-26-27-45(31-44(35)30-43)53(48-17-8-15-36-12-6-7-16-46(36)48)49-18-9-19-50-52(49)47-32-37-13-4-5-14-38(37)33-51(47)54-50/h1-33H. The molecule has 1 nitrogen and oxygen atoms in total. The molecule has 54 heavy (non-hydrogen) atoms. The van der Waals surface area contributed by atoms with Crippen molar-refractivity contribution in [2.24, 2.45) is 0 Å². The molecule has 252 valence electrons. The molecular weight excluding hydrogens is 671 g/mol. The number of hydrogen-bond acceptors (Lipinski definition) is 2. The molecule has 0 radical (unpaired) electrons. The molecule has 0 saturated carbocycles. The molecule has 0 aliphatic carbocycles. The fraction of sp³-hybridized carbons (Fsp3) is 0. The van der Waals surface area contributed by atoms with E-state index in [-0.39, 0.29) is 0 Å². The Hall–Kier alpha value is -6.74. The minimum Gasteiger partial charge on any atom is -0.309 e. The largest absolute Gasteiger partial charge is 0.309 e. The van der Waals surface area contributed by atoms with Crippen LogP contribution in [-0.4, -0.2) is 0 Å². The molecule has 0 spiro atoms. The number of fused-ring (bicyclic) bond motifs is 7. The average molecular weight is 704 g/mol. The van der Waals surface area contributed by atoms with E-state index in [9.17, 15) is 0 Å². The highest BCUT2D eigenvalue weighted by molar-refractivity contribution is 7.26. The molecule has 10 aromatic carbocycles. The highest BCUT2D eigenvalue weighted by atomic mass is 32.1. The summed E-state index contributed by atoms with van der Waals surface area (Å²) in [7, 11) is 0. The third kappa shape index (κ3) is 5.15. The molecule has 0 aliphatic rings. The lowest BCUT2D eigenvalue weighted by Crippen LogP contribution is -2.11. The number of rotatable bonds is 5. The predicted octanol–water partition coefficient (Wildman–Crippen LogP) is 15.5. The van der Waals surface area contributed by atoms with E-state index in [1.165, 1.54) is 96.9 Å². The molecule has 11 aromatic rings. The van der Waals surface area contributed by atoms with Crippen LogP contribution in [0.1, 0.15) is 0 Å². The van der Waals surface area contributed by atoms with E-state index in [0.717, 1.165) is 5.69 Å². The van der Waals surface area contributed by atoms with E-state index in [2.05, 4.69) is 205 Å². The van der Waals surface area contributed by atoms with Gasteiger partial charge in [0.25, 0.3) is 0 Å². The Morgan fingerprint density at radius 3 is 1.67 bits per heavy atom. The molecule has 1 heterocycles. The summed E-state index contributed by atoms with van der Waals surface area (Å²) >= 11 is 1.88. The lowest BCUT2D eigenvalue weighted by atomic mass is 9.96. The van der Waals surface area contributed by atoms with Gasteiger partial charge in [-0.2, -0.15) is 0 Å². The van der Waals surface area contributed by atoms with Gasteiger partial charge in [0.15, 0.2) is 0 Å². The van der Waals surface area contributed by atoms with Crippen LogP contribution in [0, 0.1) is 0 Å². The van der Waals surface area contributed by atoms with Crippen molar-refractivity contribution < 1.29 is 0 Å². The van der Waals surface area contributed by atoms with Crippen LogP contribution in [0.5, 0.6) is 0 Å². The Bertz CT molecular complexity index is 3220. The minimum absolute atomic E-state index is 1.13. The Morgan fingerprint density at radius 1 is 0.296 bits per heavy atom. The zero-order valence-electron chi connectivity index (χ0n) is 29.4. The van der Waals surface area contributed by atoms with E-state index in [0.29, 0.717) is 0 Å². The third-order valence-electron chi connectivity index (χ3n) is 11.0. The third-order valence-corrected chi connectivity index (χ3v) is 12.1. The number of thiophene rings is 1. The van der Waals surface area contributed by atoms with Crippen molar-refractivity contribution in [2.75, 3.05) is 4.90 Å². The summed E-state index contributed by atoms with van der Waals surface area (Å²) in [4.78, 5) is 2.48. The van der Waals surface area contributed by atoms with Gasteiger partial charge in [0.05, 0.1) is 11.4 Å². The van der Waals surface area contributed by atoms with Gasteiger partial charge in [0, 0.05) is 31.2 Å². The summed E-state index contributed by atoms with van der Waals surface area (Å²) in [5.74, 6) is 0. The highest BCUT2D eigenvalue weighted by Crippen LogP contribution is 2.47. The lowest BCUT2D eigenvalue weighted by Gasteiger charge is -2.28. The maximum atomic E-state index is 2.48. The summed E-state index contributed by atoms with van der Waals surface area (Å²) in [5.41, 5.74) is 8.40. The molecule has 0 bridgehead atoms. The average Bonchev–Trinajstić information content (AvgIpc) is 3.60. The molecule has 0 aliphatic heterocycles. The van der Waals surface area contributed by atoms with Gasteiger partial charge in [-0.25, -0.2) is 0 Å². The van der Waals surface area contributed by atoms with Crippen molar-refractivity contribution in [1.29, 1.82) is 0 Å². The van der Waals surface area contributed by atoms with Crippen LogP contribution in [0.25, 0.3) is 85.5 Å². The van der Waals surface area contributed by atoms with Crippen LogP contribution in [0.4, 0.5) is 17.1 Å². The maximum absolute atomic E-state index is 2.48. The first-order chi connectivity index (χ1) is 26.7. The van der Waals surface area contributed by atoms with Crippen molar-refractivity contribution in [3.63, 3.8) is 0 Å². The van der Waals surface area contributed by atoms with Gasteiger partial charge in [-0.15, -0.1) is 11.3 Å². The van der Waals surface area contributed by atoms with Crippen molar-refractivity contribution in [2.45, 2.75) is 0 Å². The van der Waals surface area contributed by atoms with Crippen LogP contribution in [0.3, 0.4) is 0 Å². The molecule has 2 heteroatoms. The SMILES string of the molecule is c1ccc(-c2ccc3cc(-c4ccc5ccc(N(c6cccc7ccccc67)c6cccc7sc8cc9ccccc9cc8c67)cc5c4)ccc3c2)cc1. The van der Waals surface area contributed by atoms with E-state index >= 15 is 0 Å². The second kappa shape index (κ2) is 12.4. The quantitative estimate of drug-likeness (QED) is 0.172. The minimum atomic E-state index is 1.13. The molecular formula is C52H33NS. The smallest absolute Gasteiger partial charge is 0.0555 e. The van der Waals surface area contributed by atoms with Crippen molar-refractivity contribution >= 4 is 91.7 Å². The monoisotopic (exact) mass is 703 g/mol. The number of hydrogen-bond donors (Lipinski definition) is 0. The van der Waals surface area contributed by atoms with Crippen LogP contribution in [0.2, 0.25) is 0 Å². The molecule has 0 N–H and O–H groups in total. The van der Waals surface area contributed by atoms with Gasteiger partial charge in [-0.1, -0.05) is 140 Å². The second-order valence-electron chi connectivity index (χ2n) is 14.2. The Balaban J connectivity index is 1.08. The summed E-state index contributed by atoms with van der Waals surface area (Å²) in [6.07, 6.45) is 0. The first-order valence-electron chi connectivity index (χ1n) is 18.5. The van der Waals surface area contributed by atoms with Gasteiger partial charge >= 0.3 is 0 Å². The highest BCUT2D eigenvalue weighted by Gasteiger charge is 2.21. The van der Waals surface area contributed by atoms with Crippen molar-refractivity contribution in [3.05, 3.63) is 200 Å². The number of nitrogens with zero attached hydrogens (tertiary/aromatic N) is 1. The summed E-state index contributed by atoms with van der Waals surface area (Å²) in [6.45, 7) is 0. The normalized spacial score (nSPS) is 11.7. The van der Waals surface area contributed by atoms with E-state index in [1.54, 1.807) is 0 Å². The topological polar surface area (TPSA) is 3.24 Å². The summed E-state index contributed by atoms with van der Waals surface area (Å²) in [5, 5.41) is 12.5. The summed E-state index contributed by atoms with van der Waals surface area (Å²) < 4.78 is 2.60. The Morgan fingerprint density at radius 2 is 0.870 bits per heavy atom. The summed E-state index contributed by atoms with van der Waals surface area (Å²) in [6, 6.07) is 73.6. The Labute approximate surface area is 317 Å². The molecule has 0 fully saturated rings. The second-order valence-corrected chi connectivity index (χ2v) is 15.3. The zero-order valence-corrected chi connectivity index (χ0v) is 30.2. The van der Waals surface area contributed by atoms with Gasteiger partial charge in [0.1, 0.15) is 0 Å². The van der Waals surface area contributed by atoms with Gasteiger partial charge < -0.3 is 4.90 Å². The molecule has 0 unspecified atom stereocenters. The molecule has 0 atom stereocenters. The molecule has 1 aromatic heterocycles. The maximum Gasteiger partial charge on any atom is 0.0555 e. The van der Waals surface area contributed by atoms with Crippen molar-refractivity contribution in [1.82, 2.24) is 0 Å². The van der Waals surface area contributed by atoms with E-state index in [1.807, 2.05) is 11.3 Å². The van der Waals surface area contributed by atoms with E-state index in [4.69, 9.17) is 0 Å². The van der Waals surface area contributed by atoms with Crippen LogP contribution in [0.15, 0.2) is 200 Å². The predicted molar refractivity (Wildman–Crippen MR) is 235 cm³/mol. The first kappa shape index (κ1) is 30.8. The first-order valence-corrected chi connectivity index (χ1v) is 19.3. The van der Waals surface area contributed by atoms with Crippen LogP contribution in [-0.2, 0) is 0 Å². The van der Waals surface area contributed by atoms with Gasteiger partial charge in [-0.05, 0) is 121 Å². The fourth-order valence-corrected chi connectivity index (χ4v) is 9.44. The van der Waals surface area contributed by atoms with E-state index < -0.39 is 0 Å². The van der Waals surface area contributed by atoms with Crippen LogP contribution < -0.4 is 4.90 Å². The zero-order chi connectivity index (χ0) is 35.6. The van der Waals surface area contributed by atoms with Crippen molar-refractivity contribution in [3.8, 4) is 22.3 Å². The Kier molecular flexibility index (Phi) is 7.11. The lowest BCUT2D eigenvalue weighted by molar-refractivity contribution is 1.32. The van der Waals surface area contributed by atoms with Gasteiger partial charge in [-0.3, -0.25) is 0 Å². The fourth-order valence-electron chi connectivity index (χ4n) is 8.28. The number of benzene rings is 10. The molecule has 0 saturated heterocycles.